The molecule has 144 valence electrons. The summed E-state index contributed by atoms with van der Waals surface area (Å²) in [7, 11) is 0. The second-order valence-corrected chi connectivity index (χ2v) is 6.59. The molecule has 1 atom stereocenters. The van der Waals surface area contributed by atoms with E-state index in [-0.39, 0.29) is 16.6 Å². The van der Waals surface area contributed by atoms with Gasteiger partial charge in [-0.05, 0) is 35.4 Å². The number of amides is 1. The third-order valence-corrected chi connectivity index (χ3v) is 4.54. The van der Waals surface area contributed by atoms with Crippen molar-refractivity contribution in [2.45, 2.75) is 13.0 Å². The average molecular weight is 404 g/mol. The summed E-state index contributed by atoms with van der Waals surface area (Å²) < 4.78 is 31.2. The van der Waals surface area contributed by atoms with E-state index in [4.69, 9.17) is 16.3 Å². The van der Waals surface area contributed by atoms with Crippen LogP contribution in [0.3, 0.4) is 0 Å². The van der Waals surface area contributed by atoms with Gasteiger partial charge in [-0.2, -0.15) is 0 Å². The Hall–Kier alpha value is -2.99. The fraction of sp³-hybridized carbons (Fsp3) is 0.143. The van der Waals surface area contributed by atoms with Crippen molar-refractivity contribution in [1.82, 2.24) is 5.32 Å². The molecule has 0 aliphatic heterocycles. The molecule has 0 unspecified atom stereocenters. The maximum absolute atomic E-state index is 13.3. The van der Waals surface area contributed by atoms with Gasteiger partial charge >= 0.3 is 5.97 Å². The van der Waals surface area contributed by atoms with E-state index in [9.17, 15) is 18.4 Å². The standard InChI is InChI=1S/C21H16ClF2NO3/c1-12(14-8-4-6-13-5-2-3-7-15(13)14)25-20(26)11-28-21(27)16-9-18(23)19(24)10-17(16)22/h2-10,12H,11H2,1H3,(H,25,26)/t12-/m1/s1. The second-order valence-electron chi connectivity index (χ2n) is 6.18. The smallest absolute Gasteiger partial charge is 0.340 e. The molecule has 0 radical (unpaired) electrons. The maximum atomic E-state index is 13.3. The van der Waals surface area contributed by atoms with Crippen LogP contribution in [0.1, 0.15) is 28.9 Å². The largest absolute Gasteiger partial charge is 0.452 e. The fourth-order valence-electron chi connectivity index (χ4n) is 2.88. The molecule has 0 heterocycles. The summed E-state index contributed by atoms with van der Waals surface area (Å²) in [6.45, 7) is 1.23. The lowest BCUT2D eigenvalue weighted by Gasteiger charge is -2.16. The van der Waals surface area contributed by atoms with Crippen LogP contribution in [-0.4, -0.2) is 18.5 Å². The Labute approximate surface area is 165 Å². The summed E-state index contributed by atoms with van der Waals surface area (Å²) in [5, 5.41) is 4.49. The van der Waals surface area contributed by atoms with E-state index in [1.807, 2.05) is 49.4 Å². The van der Waals surface area contributed by atoms with Crippen molar-refractivity contribution in [2.24, 2.45) is 0 Å². The third kappa shape index (κ3) is 4.28. The van der Waals surface area contributed by atoms with E-state index in [1.165, 1.54) is 0 Å². The highest BCUT2D eigenvalue weighted by molar-refractivity contribution is 6.33. The Balaban J connectivity index is 1.64. The Morgan fingerprint density at radius 2 is 1.75 bits per heavy atom. The predicted molar refractivity (Wildman–Crippen MR) is 102 cm³/mol. The van der Waals surface area contributed by atoms with Gasteiger partial charge in [-0.25, -0.2) is 13.6 Å². The third-order valence-electron chi connectivity index (χ3n) is 4.23. The number of fused-ring (bicyclic) bond motifs is 1. The SMILES string of the molecule is C[C@@H](NC(=O)COC(=O)c1cc(F)c(F)cc1Cl)c1cccc2ccccc12. The number of ether oxygens (including phenoxy) is 1. The van der Waals surface area contributed by atoms with E-state index < -0.39 is 30.1 Å². The van der Waals surface area contributed by atoms with Gasteiger partial charge in [0.2, 0.25) is 0 Å². The van der Waals surface area contributed by atoms with Gasteiger partial charge in [0.05, 0.1) is 16.6 Å². The number of rotatable bonds is 5. The Morgan fingerprint density at radius 3 is 2.54 bits per heavy atom. The zero-order valence-corrected chi connectivity index (χ0v) is 15.6. The lowest BCUT2D eigenvalue weighted by atomic mass is 10.00. The van der Waals surface area contributed by atoms with Gasteiger partial charge in [0.1, 0.15) is 0 Å². The first kappa shape index (κ1) is 19.8. The molecule has 0 aromatic heterocycles. The molecule has 0 aliphatic rings. The zero-order valence-electron chi connectivity index (χ0n) is 14.8. The highest BCUT2D eigenvalue weighted by Gasteiger charge is 2.18. The molecule has 1 N–H and O–H groups in total. The Kier molecular flexibility index (Phi) is 5.90. The van der Waals surface area contributed by atoms with E-state index >= 15 is 0 Å². The van der Waals surface area contributed by atoms with Crippen LogP contribution >= 0.6 is 11.6 Å². The summed E-state index contributed by atoms with van der Waals surface area (Å²) in [6.07, 6.45) is 0. The average Bonchev–Trinajstić information content (AvgIpc) is 2.68. The summed E-state index contributed by atoms with van der Waals surface area (Å²) in [5.74, 6) is -3.96. The van der Waals surface area contributed by atoms with Crippen molar-refractivity contribution >= 4 is 34.2 Å². The number of halogens is 3. The number of benzene rings is 3. The first-order valence-electron chi connectivity index (χ1n) is 8.45. The first-order valence-corrected chi connectivity index (χ1v) is 8.83. The molecule has 0 spiro atoms. The quantitative estimate of drug-likeness (QED) is 0.491. The molecule has 3 aromatic carbocycles. The minimum absolute atomic E-state index is 0.298. The molecule has 3 rings (SSSR count). The van der Waals surface area contributed by atoms with Gasteiger partial charge in [-0.3, -0.25) is 4.79 Å². The van der Waals surface area contributed by atoms with Gasteiger partial charge in [0.25, 0.3) is 5.91 Å². The molecule has 7 heteroatoms. The first-order chi connectivity index (χ1) is 13.4. The number of esters is 1. The fourth-order valence-corrected chi connectivity index (χ4v) is 3.10. The molecule has 0 fully saturated rings. The normalized spacial score (nSPS) is 11.9. The number of carbonyl (C=O) groups is 2. The molecule has 28 heavy (non-hydrogen) atoms. The van der Waals surface area contributed by atoms with Gasteiger partial charge in [-0.1, -0.05) is 54.1 Å². The van der Waals surface area contributed by atoms with Gasteiger partial charge in [0.15, 0.2) is 18.2 Å². The van der Waals surface area contributed by atoms with E-state index in [2.05, 4.69) is 5.32 Å². The highest BCUT2D eigenvalue weighted by atomic mass is 35.5. The molecule has 4 nitrogen and oxygen atoms in total. The summed E-state index contributed by atoms with van der Waals surface area (Å²) >= 11 is 5.72. The maximum Gasteiger partial charge on any atom is 0.340 e. The van der Waals surface area contributed by atoms with Gasteiger partial charge < -0.3 is 10.1 Å². The molecule has 3 aromatic rings. The number of hydrogen-bond acceptors (Lipinski definition) is 3. The topological polar surface area (TPSA) is 55.4 Å². The van der Waals surface area contributed by atoms with Crippen molar-refractivity contribution in [3.05, 3.63) is 82.4 Å². The minimum atomic E-state index is -1.23. The molecular formula is C21H16ClF2NO3. The molecule has 0 aliphatic carbocycles. The van der Waals surface area contributed by atoms with Crippen LogP contribution in [0.5, 0.6) is 0 Å². The molecule has 0 bridgehead atoms. The monoisotopic (exact) mass is 403 g/mol. The van der Waals surface area contributed by atoms with E-state index in [1.54, 1.807) is 0 Å². The van der Waals surface area contributed by atoms with E-state index in [0.717, 1.165) is 16.3 Å². The van der Waals surface area contributed by atoms with Crippen LogP contribution in [0.2, 0.25) is 5.02 Å². The Morgan fingerprint density at radius 1 is 1.07 bits per heavy atom. The van der Waals surface area contributed by atoms with Gasteiger partial charge in [-0.15, -0.1) is 0 Å². The van der Waals surface area contributed by atoms with Gasteiger partial charge in [0, 0.05) is 0 Å². The number of hydrogen-bond donors (Lipinski definition) is 1. The number of carbonyl (C=O) groups excluding carboxylic acids is 2. The van der Waals surface area contributed by atoms with Crippen molar-refractivity contribution in [2.75, 3.05) is 6.61 Å². The molecule has 0 saturated carbocycles. The second kappa shape index (κ2) is 8.35. The predicted octanol–water partition coefficient (Wildman–Crippen LogP) is 4.81. The van der Waals surface area contributed by atoms with Crippen molar-refractivity contribution in [3.8, 4) is 0 Å². The van der Waals surface area contributed by atoms with Crippen molar-refractivity contribution < 1.29 is 23.1 Å². The Bertz CT molecular complexity index is 1050. The van der Waals surface area contributed by atoms with Crippen LogP contribution in [0.4, 0.5) is 8.78 Å². The lowest BCUT2D eigenvalue weighted by Crippen LogP contribution is -2.31. The van der Waals surface area contributed by atoms with Crippen LogP contribution < -0.4 is 5.32 Å². The van der Waals surface area contributed by atoms with Crippen LogP contribution in [0, 0.1) is 11.6 Å². The molecule has 1 amide bonds. The summed E-state index contributed by atoms with van der Waals surface area (Å²) in [6, 6.07) is 14.5. The van der Waals surface area contributed by atoms with Crippen molar-refractivity contribution in [3.63, 3.8) is 0 Å². The molecular weight excluding hydrogens is 388 g/mol. The van der Waals surface area contributed by atoms with E-state index in [0.29, 0.717) is 12.1 Å². The van der Waals surface area contributed by atoms with Crippen LogP contribution in [0.25, 0.3) is 10.8 Å². The van der Waals surface area contributed by atoms with Crippen LogP contribution in [0.15, 0.2) is 54.6 Å². The zero-order chi connectivity index (χ0) is 20.3. The lowest BCUT2D eigenvalue weighted by molar-refractivity contribution is -0.124. The summed E-state index contributed by atoms with van der Waals surface area (Å²) in [5.41, 5.74) is 0.567. The summed E-state index contributed by atoms with van der Waals surface area (Å²) in [4.78, 5) is 24.1. The minimum Gasteiger partial charge on any atom is -0.452 e. The number of nitrogens with one attached hydrogen (secondary N) is 1. The van der Waals surface area contributed by atoms with Crippen LogP contribution in [-0.2, 0) is 9.53 Å². The highest BCUT2D eigenvalue weighted by Crippen LogP contribution is 2.24. The van der Waals surface area contributed by atoms with Crippen molar-refractivity contribution in [1.29, 1.82) is 0 Å². The molecule has 0 saturated heterocycles.